The van der Waals surface area contributed by atoms with Crippen LogP contribution in [0.4, 0.5) is 0 Å². The Morgan fingerprint density at radius 3 is 2.46 bits per heavy atom. The Morgan fingerprint density at radius 1 is 0.962 bits per heavy atom. The molecule has 5 heteroatoms. The number of hydrogen-bond acceptors (Lipinski definition) is 4. The predicted molar refractivity (Wildman–Crippen MR) is 104 cm³/mol. The van der Waals surface area contributed by atoms with Gasteiger partial charge in [0, 0.05) is 25.5 Å². The van der Waals surface area contributed by atoms with Crippen LogP contribution in [-0.4, -0.2) is 12.1 Å². The number of aromatic nitrogens is 1. The lowest BCUT2D eigenvalue weighted by molar-refractivity contribution is 0.284. The zero-order valence-electron chi connectivity index (χ0n) is 14.6. The van der Waals surface area contributed by atoms with Gasteiger partial charge < -0.3 is 14.8 Å². The van der Waals surface area contributed by atoms with E-state index in [2.05, 4.69) is 10.3 Å². The molecule has 0 amide bonds. The van der Waals surface area contributed by atoms with Gasteiger partial charge >= 0.3 is 0 Å². The maximum Gasteiger partial charge on any atom is 0.180 e. The summed E-state index contributed by atoms with van der Waals surface area (Å²) in [6, 6.07) is 17.8. The van der Waals surface area contributed by atoms with E-state index in [1.165, 1.54) is 0 Å². The van der Waals surface area contributed by atoms with E-state index in [-0.39, 0.29) is 0 Å². The second kappa shape index (κ2) is 9.22. The number of rotatable bonds is 8. The SMILES string of the molecule is COc1cc(CNCc2cccnc2)cc(Cl)c1OCc1ccccc1. The van der Waals surface area contributed by atoms with Crippen molar-refractivity contribution >= 4 is 11.6 Å². The molecule has 2 aromatic carbocycles. The highest BCUT2D eigenvalue weighted by atomic mass is 35.5. The summed E-state index contributed by atoms with van der Waals surface area (Å²) in [5, 5.41) is 3.92. The molecule has 26 heavy (non-hydrogen) atoms. The van der Waals surface area contributed by atoms with Gasteiger partial charge in [-0.3, -0.25) is 4.98 Å². The first kappa shape index (κ1) is 18.2. The predicted octanol–water partition coefficient (Wildman–Crippen LogP) is 4.61. The van der Waals surface area contributed by atoms with Crippen molar-refractivity contribution in [2.45, 2.75) is 19.7 Å². The fourth-order valence-electron chi connectivity index (χ4n) is 2.60. The van der Waals surface area contributed by atoms with Gasteiger partial charge in [-0.2, -0.15) is 0 Å². The maximum absolute atomic E-state index is 6.43. The van der Waals surface area contributed by atoms with E-state index in [4.69, 9.17) is 21.1 Å². The number of nitrogens with one attached hydrogen (secondary N) is 1. The normalized spacial score (nSPS) is 10.5. The van der Waals surface area contributed by atoms with Crippen LogP contribution in [0, 0.1) is 0 Å². The molecule has 1 N–H and O–H groups in total. The Hall–Kier alpha value is -2.56. The lowest BCUT2D eigenvalue weighted by Gasteiger charge is -2.15. The number of ether oxygens (including phenoxy) is 2. The summed E-state index contributed by atoms with van der Waals surface area (Å²) >= 11 is 6.43. The van der Waals surface area contributed by atoms with E-state index in [0.717, 1.165) is 23.2 Å². The van der Waals surface area contributed by atoms with Gasteiger partial charge in [0.25, 0.3) is 0 Å². The topological polar surface area (TPSA) is 43.4 Å². The molecule has 0 saturated heterocycles. The van der Waals surface area contributed by atoms with Crippen LogP contribution in [0.15, 0.2) is 67.0 Å². The Morgan fingerprint density at radius 2 is 1.73 bits per heavy atom. The molecule has 0 atom stereocenters. The first-order chi connectivity index (χ1) is 12.8. The summed E-state index contributed by atoms with van der Waals surface area (Å²) in [5.74, 6) is 1.20. The van der Waals surface area contributed by atoms with E-state index >= 15 is 0 Å². The van der Waals surface area contributed by atoms with Gasteiger partial charge in [0.2, 0.25) is 0 Å². The molecule has 3 aromatic rings. The van der Waals surface area contributed by atoms with Crippen LogP contribution in [0.3, 0.4) is 0 Å². The molecule has 0 fully saturated rings. The van der Waals surface area contributed by atoms with Crippen molar-refractivity contribution < 1.29 is 9.47 Å². The fraction of sp³-hybridized carbons (Fsp3) is 0.190. The second-order valence-corrected chi connectivity index (χ2v) is 6.26. The molecule has 4 nitrogen and oxygen atoms in total. The summed E-state index contributed by atoms with van der Waals surface area (Å²) in [6.45, 7) is 1.85. The first-order valence-corrected chi connectivity index (χ1v) is 8.77. The Labute approximate surface area is 158 Å². The van der Waals surface area contributed by atoms with Crippen LogP contribution in [0.5, 0.6) is 11.5 Å². The first-order valence-electron chi connectivity index (χ1n) is 8.39. The Kier molecular flexibility index (Phi) is 6.47. The number of methoxy groups -OCH3 is 1. The van der Waals surface area contributed by atoms with Gasteiger partial charge in [-0.25, -0.2) is 0 Å². The largest absolute Gasteiger partial charge is 0.493 e. The lowest BCUT2D eigenvalue weighted by Crippen LogP contribution is -2.13. The summed E-state index contributed by atoms with van der Waals surface area (Å²) in [6.07, 6.45) is 3.61. The molecule has 0 unspecified atom stereocenters. The number of halogens is 1. The third-order valence-electron chi connectivity index (χ3n) is 3.90. The molecular formula is C21H21ClN2O2. The van der Waals surface area contributed by atoms with Crippen molar-refractivity contribution in [3.63, 3.8) is 0 Å². The zero-order valence-corrected chi connectivity index (χ0v) is 15.4. The van der Waals surface area contributed by atoms with E-state index in [9.17, 15) is 0 Å². The molecule has 0 aliphatic rings. The van der Waals surface area contributed by atoms with Crippen molar-refractivity contribution in [2.75, 3.05) is 7.11 Å². The van der Waals surface area contributed by atoms with Crippen molar-refractivity contribution in [3.8, 4) is 11.5 Å². The van der Waals surface area contributed by atoms with Crippen LogP contribution in [0.1, 0.15) is 16.7 Å². The minimum atomic E-state index is 0.440. The minimum absolute atomic E-state index is 0.440. The lowest BCUT2D eigenvalue weighted by atomic mass is 10.2. The van der Waals surface area contributed by atoms with Crippen LogP contribution < -0.4 is 14.8 Å². The van der Waals surface area contributed by atoms with Gasteiger partial charge in [0.05, 0.1) is 12.1 Å². The van der Waals surface area contributed by atoms with Gasteiger partial charge in [-0.05, 0) is 34.9 Å². The number of hydrogen-bond donors (Lipinski definition) is 1. The average molecular weight is 369 g/mol. The zero-order chi connectivity index (χ0) is 18.2. The number of nitrogens with zero attached hydrogens (tertiary/aromatic N) is 1. The van der Waals surface area contributed by atoms with Gasteiger partial charge in [0.15, 0.2) is 11.5 Å². The minimum Gasteiger partial charge on any atom is -0.493 e. The molecule has 0 aliphatic carbocycles. The monoisotopic (exact) mass is 368 g/mol. The molecule has 0 aliphatic heterocycles. The molecule has 0 radical (unpaired) electrons. The van der Waals surface area contributed by atoms with Crippen molar-refractivity contribution in [1.29, 1.82) is 0 Å². The van der Waals surface area contributed by atoms with Crippen molar-refractivity contribution in [2.24, 2.45) is 0 Å². The molecule has 1 heterocycles. The van der Waals surface area contributed by atoms with Gasteiger partial charge in [0.1, 0.15) is 6.61 Å². The Bertz CT molecular complexity index is 826. The second-order valence-electron chi connectivity index (χ2n) is 5.85. The summed E-state index contributed by atoms with van der Waals surface area (Å²) < 4.78 is 11.4. The van der Waals surface area contributed by atoms with E-state index < -0.39 is 0 Å². The highest BCUT2D eigenvalue weighted by Gasteiger charge is 2.12. The highest BCUT2D eigenvalue weighted by Crippen LogP contribution is 2.37. The molecule has 134 valence electrons. The van der Waals surface area contributed by atoms with Crippen LogP contribution in [0.25, 0.3) is 0 Å². The van der Waals surface area contributed by atoms with Crippen LogP contribution in [0.2, 0.25) is 5.02 Å². The average Bonchev–Trinajstić information content (AvgIpc) is 2.68. The molecule has 3 rings (SSSR count). The molecule has 0 saturated carbocycles. The van der Waals surface area contributed by atoms with Crippen molar-refractivity contribution in [1.82, 2.24) is 10.3 Å². The van der Waals surface area contributed by atoms with E-state index in [1.54, 1.807) is 13.3 Å². The number of benzene rings is 2. The third-order valence-corrected chi connectivity index (χ3v) is 4.18. The smallest absolute Gasteiger partial charge is 0.180 e. The fourth-order valence-corrected chi connectivity index (χ4v) is 2.89. The van der Waals surface area contributed by atoms with Gasteiger partial charge in [-0.1, -0.05) is 48.0 Å². The van der Waals surface area contributed by atoms with Crippen LogP contribution in [-0.2, 0) is 19.7 Å². The quantitative estimate of drug-likeness (QED) is 0.630. The highest BCUT2D eigenvalue weighted by molar-refractivity contribution is 6.32. The Balaban J connectivity index is 1.64. The van der Waals surface area contributed by atoms with E-state index in [1.807, 2.05) is 60.8 Å². The van der Waals surface area contributed by atoms with Crippen LogP contribution >= 0.6 is 11.6 Å². The third kappa shape index (κ3) is 4.97. The van der Waals surface area contributed by atoms with Crippen molar-refractivity contribution in [3.05, 3.63) is 88.7 Å². The maximum atomic E-state index is 6.43. The molecule has 0 spiro atoms. The molecule has 1 aromatic heterocycles. The van der Waals surface area contributed by atoms with Gasteiger partial charge in [-0.15, -0.1) is 0 Å². The molecule has 0 bridgehead atoms. The molecular weight excluding hydrogens is 348 g/mol. The summed E-state index contributed by atoms with van der Waals surface area (Å²) in [7, 11) is 1.62. The summed E-state index contributed by atoms with van der Waals surface area (Å²) in [4.78, 5) is 4.11. The standard InChI is InChI=1S/C21H21ClN2O2/c1-25-20-11-18(14-24-13-17-8-5-9-23-12-17)10-19(22)21(20)26-15-16-6-3-2-4-7-16/h2-12,24H,13-15H2,1H3. The van der Waals surface area contributed by atoms with E-state index in [0.29, 0.717) is 29.7 Å². The summed E-state index contributed by atoms with van der Waals surface area (Å²) in [5.41, 5.74) is 3.24. The number of pyridine rings is 1.